The quantitative estimate of drug-likeness (QED) is 0.186. The molecule has 0 aliphatic heterocycles. The minimum absolute atomic E-state index is 0.625. The van der Waals surface area contributed by atoms with E-state index in [4.69, 9.17) is 19.4 Å². The van der Waals surface area contributed by atoms with Gasteiger partial charge in [-0.05, 0) is 62.0 Å². The molecule has 2 heterocycles. The van der Waals surface area contributed by atoms with Crippen LogP contribution in [-0.4, -0.2) is 15.0 Å². The van der Waals surface area contributed by atoms with Gasteiger partial charge in [0.2, 0.25) is 0 Å². The van der Waals surface area contributed by atoms with Crippen LogP contribution in [0, 0.1) is 0 Å². The van der Waals surface area contributed by atoms with Gasteiger partial charge in [0.05, 0.1) is 0 Å². The molecule has 0 aliphatic carbocycles. The van der Waals surface area contributed by atoms with Crippen molar-refractivity contribution < 1.29 is 4.42 Å². The van der Waals surface area contributed by atoms with Gasteiger partial charge >= 0.3 is 0 Å². The highest BCUT2D eigenvalue weighted by atomic mass is 16.3. The fourth-order valence-electron chi connectivity index (χ4n) is 7.17. The Morgan fingerprint density at radius 2 is 0.843 bits per heavy atom. The molecule has 0 amide bonds. The van der Waals surface area contributed by atoms with Gasteiger partial charge in [-0.1, -0.05) is 158 Å². The van der Waals surface area contributed by atoms with E-state index in [1.165, 1.54) is 16.3 Å². The van der Waals surface area contributed by atoms with E-state index in [0.717, 1.165) is 66.1 Å². The molecule has 8 aromatic carbocycles. The first-order valence-corrected chi connectivity index (χ1v) is 17.1. The van der Waals surface area contributed by atoms with Gasteiger partial charge in [0.25, 0.3) is 0 Å². The summed E-state index contributed by atoms with van der Waals surface area (Å²) in [6.45, 7) is 0. The van der Waals surface area contributed by atoms with Gasteiger partial charge in [-0.15, -0.1) is 0 Å². The number of benzene rings is 8. The summed E-state index contributed by atoms with van der Waals surface area (Å²) in [5.74, 6) is 1.90. The fraction of sp³-hybridized carbons (Fsp3) is 0. The highest BCUT2D eigenvalue weighted by molar-refractivity contribution is 6.12. The lowest BCUT2D eigenvalue weighted by molar-refractivity contribution is 0.669. The van der Waals surface area contributed by atoms with Gasteiger partial charge < -0.3 is 4.42 Å². The van der Waals surface area contributed by atoms with Crippen LogP contribution in [0.3, 0.4) is 0 Å². The van der Waals surface area contributed by atoms with Crippen LogP contribution in [-0.2, 0) is 0 Å². The lowest BCUT2D eigenvalue weighted by atomic mass is 9.98. The zero-order chi connectivity index (χ0) is 33.7. The second-order valence-corrected chi connectivity index (χ2v) is 12.8. The molecule has 0 spiro atoms. The molecule has 0 radical (unpaired) electrons. The van der Waals surface area contributed by atoms with Gasteiger partial charge in [0.15, 0.2) is 17.5 Å². The lowest BCUT2D eigenvalue weighted by Gasteiger charge is -2.11. The molecule has 0 saturated heterocycles. The molecular weight excluding hydrogens is 623 g/mol. The third-order valence-electron chi connectivity index (χ3n) is 9.75. The van der Waals surface area contributed by atoms with E-state index in [9.17, 15) is 0 Å². The van der Waals surface area contributed by atoms with Crippen molar-refractivity contribution in [2.24, 2.45) is 0 Å². The average molecular weight is 652 g/mol. The van der Waals surface area contributed by atoms with E-state index in [2.05, 4.69) is 152 Å². The predicted octanol–water partition coefficient (Wildman–Crippen LogP) is 12.4. The Bertz CT molecular complexity index is 2900. The molecule has 0 bridgehead atoms. The topological polar surface area (TPSA) is 51.8 Å². The molecule has 10 aromatic rings. The monoisotopic (exact) mass is 651 g/mol. The molecule has 0 saturated carbocycles. The molecular formula is C47H29N3O. The second kappa shape index (κ2) is 11.9. The highest BCUT2D eigenvalue weighted by Gasteiger charge is 2.16. The van der Waals surface area contributed by atoms with E-state index >= 15 is 0 Å². The number of nitrogens with zero attached hydrogens (tertiary/aromatic N) is 3. The SMILES string of the molecule is c1ccc2cc(-c3ccc(-c4nc(-c5ccc(-c6cccc7oc8ccccc8c67)cc5)nc(-c5cccc6ccccc56)n4)cc3)ccc2c1. The van der Waals surface area contributed by atoms with E-state index in [1.54, 1.807) is 0 Å². The van der Waals surface area contributed by atoms with Crippen molar-refractivity contribution >= 4 is 43.5 Å². The highest BCUT2D eigenvalue weighted by Crippen LogP contribution is 2.37. The van der Waals surface area contributed by atoms with E-state index in [-0.39, 0.29) is 0 Å². The van der Waals surface area contributed by atoms with E-state index < -0.39 is 0 Å². The van der Waals surface area contributed by atoms with Crippen LogP contribution < -0.4 is 0 Å². The summed E-state index contributed by atoms with van der Waals surface area (Å²) >= 11 is 0. The molecule has 51 heavy (non-hydrogen) atoms. The summed E-state index contributed by atoms with van der Waals surface area (Å²) < 4.78 is 6.17. The van der Waals surface area contributed by atoms with Crippen LogP contribution in [0.1, 0.15) is 0 Å². The van der Waals surface area contributed by atoms with Crippen molar-refractivity contribution in [3.05, 3.63) is 176 Å². The largest absolute Gasteiger partial charge is 0.456 e. The number of furan rings is 1. The Hall–Kier alpha value is -6.91. The zero-order valence-electron chi connectivity index (χ0n) is 27.5. The lowest BCUT2D eigenvalue weighted by Crippen LogP contribution is -2.00. The maximum Gasteiger partial charge on any atom is 0.164 e. The maximum atomic E-state index is 6.17. The minimum Gasteiger partial charge on any atom is -0.456 e. The van der Waals surface area contributed by atoms with Crippen molar-refractivity contribution in [3.63, 3.8) is 0 Å². The molecule has 0 N–H and O–H groups in total. The maximum absolute atomic E-state index is 6.17. The Labute approximate surface area is 294 Å². The summed E-state index contributed by atoms with van der Waals surface area (Å²) in [5, 5.41) is 6.93. The Morgan fingerprint density at radius 3 is 1.63 bits per heavy atom. The standard InChI is InChI=1S/C47H29N3O/c1-2-11-36-29-37(28-21-30(36)9-1)31-19-24-34(25-20-31)45-48-46(50-47(49-45)40-16-7-12-32-10-3-4-13-38(32)40)35-26-22-33(23-27-35)39-15-8-18-43-44(39)41-14-5-6-17-42(41)51-43/h1-29H. The second-order valence-electron chi connectivity index (χ2n) is 12.8. The molecule has 0 fully saturated rings. The van der Waals surface area contributed by atoms with E-state index in [0.29, 0.717) is 17.5 Å². The normalized spacial score (nSPS) is 11.5. The summed E-state index contributed by atoms with van der Waals surface area (Å²) in [7, 11) is 0. The first-order valence-electron chi connectivity index (χ1n) is 17.1. The van der Waals surface area contributed by atoms with Crippen molar-refractivity contribution in [1.82, 2.24) is 15.0 Å². The first kappa shape index (κ1) is 29.0. The summed E-state index contributed by atoms with van der Waals surface area (Å²) in [4.78, 5) is 15.2. The average Bonchev–Trinajstić information content (AvgIpc) is 3.59. The van der Waals surface area contributed by atoms with Gasteiger partial charge in [-0.3, -0.25) is 0 Å². The summed E-state index contributed by atoms with van der Waals surface area (Å²) in [6, 6.07) is 61.1. The minimum atomic E-state index is 0.625. The molecule has 0 aliphatic rings. The van der Waals surface area contributed by atoms with Crippen LogP contribution in [0.5, 0.6) is 0 Å². The van der Waals surface area contributed by atoms with Crippen molar-refractivity contribution in [2.75, 3.05) is 0 Å². The zero-order valence-corrected chi connectivity index (χ0v) is 27.5. The molecule has 0 unspecified atom stereocenters. The number of fused-ring (bicyclic) bond motifs is 5. The predicted molar refractivity (Wildman–Crippen MR) is 209 cm³/mol. The number of para-hydroxylation sites is 1. The molecule has 238 valence electrons. The van der Waals surface area contributed by atoms with Crippen molar-refractivity contribution in [1.29, 1.82) is 0 Å². The Balaban J connectivity index is 1.08. The van der Waals surface area contributed by atoms with Gasteiger partial charge in [-0.25, -0.2) is 15.0 Å². The van der Waals surface area contributed by atoms with Crippen molar-refractivity contribution in [2.45, 2.75) is 0 Å². The fourth-order valence-corrected chi connectivity index (χ4v) is 7.17. The Morgan fingerprint density at radius 1 is 0.314 bits per heavy atom. The van der Waals surface area contributed by atoms with Crippen LogP contribution >= 0.6 is 0 Å². The summed E-state index contributed by atoms with van der Waals surface area (Å²) in [6.07, 6.45) is 0. The van der Waals surface area contributed by atoms with Gasteiger partial charge in [0, 0.05) is 27.5 Å². The molecule has 4 nitrogen and oxygen atoms in total. The third kappa shape index (κ3) is 5.13. The number of aromatic nitrogens is 3. The van der Waals surface area contributed by atoms with Crippen LogP contribution in [0.2, 0.25) is 0 Å². The van der Waals surface area contributed by atoms with Gasteiger partial charge in [0.1, 0.15) is 11.2 Å². The van der Waals surface area contributed by atoms with Crippen LogP contribution in [0.15, 0.2) is 180 Å². The number of rotatable bonds is 5. The van der Waals surface area contributed by atoms with Gasteiger partial charge in [-0.2, -0.15) is 0 Å². The molecule has 4 heteroatoms. The Kier molecular flexibility index (Phi) is 6.78. The molecule has 0 atom stereocenters. The number of hydrogen-bond acceptors (Lipinski definition) is 4. The van der Waals surface area contributed by atoms with Crippen LogP contribution in [0.25, 0.3) is 99.9 Å². The summed E-state index contributed by atoms with van der Waals surface area (Å²) in [5.41, 5.74) is 9.14. The van der Waals surface area contributed by atoms with E-state index in [1.807, 2.05) is 24.3 Å². The van der Waals surface area contributed by atoms with Crippen molar-refractivity contribution in [3.8, 4) is 56.4 Å². The third-order valence-corrected chi connectivity index (χ3v) is 9.75. The van der Waals surface area contributed by atoms with Crippen LogP contribution in [0.4, 0.5) is 0 Å². The number of hydrogen-bond donors (Lipinski definition) is 0. The first-order chi connectivity index (χ1) is 25.2. The smallest absolute Gasteiger partial charge is 0.164 e. The molecule has 2 aromatic heterocycles. The molecule has 10 rings (SSSR count).